The fraction of sp³-hybridized carbons (Fsp3) is 0.333. The Bertz CT molecular complexity index is 1010. The van der Waals surface area contributed by atoms with E-state index in [9.17, 15) is 9.00 Å². The van der Waals surface area contributed by atoms with E-state index >= 15 is 0 Å². The Labute approximate surface area is 161 Å². The second-order valence-electron chi connectivity index (χ2n) is 7.01. The second-order valence-corrected chi connectivity index (χ2v) is 8.39. The molecule has 0 spiro atoms. The van der Waals surface area contributed by atoms with Crippen molar-refractivity contribution in [2.24, 2.45) is 7.05 Å². The highest BCUT2D eigenvalue weighted by molar-refractivity contribution is 7.84. The fourth-order valence-corrected chi connectivity index (χ4v) is 4.38. The van der Waals surface area contributed by atoms with Crippen molar-refractivity contribution in [3.8, 4) is 0 Å². The zero-order valence-corrected chi connectivity index (χ0v) is 16.4. The van der Waals surface area contributed by atoms with Gasteiger partial charge in [0.05, 0.1) is 17.1 Å². The molecule has 0 radical (unpaired) electrons. The Morgan fingerprint density at radius 3 is 2.56 bits per heavy atom. The molecule has 3 aromatic rings. The third-order valence-corrected chi connectivity index (χ3v) is 6.25. The Kier molecular flexibility index (Phi) is 4.83. The molecule has 0 aliphatic carbocycles. The molecule has 1 amide bonds. The number of hydrogen-bond acceptors (Lipinski definition) is 3. The number of carbonyl (C=O) groups is 1. The molecular formula is C21H23N3O2S. The van der Waals surface area contributed by atoms with E-state index in [0.29, 0.717) is 5.56 Å². The predicted octanol–water partition coefficient (Wildman–Crippen LogP) is 3.68. The maximum atomic E-state index is 13.2. The molecule has 2 atom stereocenters. The number of aryl methyl sites for hydroxylation is 1. The number of piperidine rings is 1. The van der Waals surface area contributed by atoms with E-state index in [1.54, 1.807) is 30.5 Å². The average Bonchev–Trinajstić information content (AvgIpc) is 3.04. The number of para-hydroxylation sites is 2. The summed E-state index contributed by atoms with van der Waals surface area (Å²) < 4.78 is 13.7. The highest BCUT2D eigenvalue weighted by Crippen LogP contribution is 2.33. The van der Waals surface area contributed by atoms with E-state index < -0.39 is 10.8 Å². The van der Waals surface area contributed by atoms with Crippen LogP contribution >= 0.6 is 0 Å². The lowest BCUT2D eigenvalue weighted by Gasteiger charge is -2.35. The van der Waals surface area contributed by atoms with Crippen LogP contribution < -0.4 is 0 Å². The van der Waals surface area contributed by atoms with Gasteiger partial charge >= 0.3 is 0 Å². The molecule has 0 saturated carbocycles. The molecule has 1 aliphatic heterocycles. The van der Waals surface area contributed by atoms with Gasteiger partial charge in [-0.2, -0.15) is 0 Å². The zero-order chi connectivity index (χ0) is 19.0. The number of fused-ring (bicyclic) bond motifs is 1. The number of carbonyl (C=O) groups excluding carboxylic acids is 1. The third kappa shape index (κ3) is 3.30. The molecule has 0 bridgehead atoms. The van der Waals surface area contributed by atoms with Crippen molar-refractivity contribution in [1.29, 1.82) is 0 Å². The van der Waals surface area contributed by atoms with Gasteiger partial charge < -0.3 is 9.47 Å². The molecule has 2 aromatic carbocycles. The number of likely N-dealkylation sites (tertiary alicyclic amines) is 1. The minimum absolute atomic E-state index is 0.0141. The van der Waals surface area contributed by atoms with Crippen molar-refractivity contribution in [2.75, 3.05) is 12.8 Å². The normalized spacial score (nSPS) is 18.6. The molecule has 5 nitrogen and oxygen atoms in total. The smallest absolute Gasteiger partial charge is 0.254 e. The predicted molar refractivity (Wildman–Crippen MR) is 107 cm³/mol. The molecule has 1 aromatic heterocycles. The van der Waals surface area contributed by atoms with Gasteiger partial charge in [0.15, 0.2) is 0 Å². The Hall–Kier alpha value is -2.47. The van der Waals surface area contributed by atoms with Crippen LogP contribution in [0.2, 0.25) is 0 Å². The van der Waals surface area contributed by atoms with Crippen LogP contribution in [0.15, 0.2) is 53.4 Å². The Morgan fingerprint density at radius 1 is 1.11 bits per heavy atom. The molecule has 6 heteroatoms. The summed E-state index contributed by atoms with van der Waals surface area (Å²) in [6.07, 6.45) is 4.65. The quantitative estimate of drug-likeness (QED) is 0.695. The van der Waals surface area contributed by atoms with Gasteiger partial charge in [0, 0.05) is 41.1 Å². The Balaban J connectivity index is 1.68. The SMILES string of the molecule is Cn1c(C2CCCCN2C(=O)c2ccc(S(C)=O)cc2)nc2ccccc21. The highest BCUT2D eigenvalue weighted by Gasteiger charge is 2.31. The van der Waals surface area contributed by atoms with E-state index in [4.69, 9.17) is 4.98 Å². The van der Waals surface area contributed by atoms with Gasteiger partial charge in [-0.15, -0.1) is 0 Å². The average molecular weight is 382 g/mol. The topological polar surface area (TPSA) is 55.2 Å². The van der Waals surface area contributed by atoms with Crippen molar-refractivity contribution in [3.05, 3.63) is 59.9 Å². The first-order valence-corrected chi connectivity index (χ1v) is 10.8. The number of benzene rings is 2. The minimum atomic E-state index is -1.04. The van der Waals surface area contributed by atoms with Crippen LogP contribution in [0.5, 0.6) is 0 Å². The molecular weight excluding hydrogens is 358 g/mol. The van der Waals surface area contributed by atoms with Crippen LogP contribution in [0.4, 0.5) is 0 Å². The minimum Gasteiger partial charge on any atom is -0.329 e. The lowest BCUT2D eigenvalue weighted by Crippen LogP contribution is -2.39. The molecule has 1 aliphatic rings. The van der Waals surface area contributed by atoms with E-state index in [1.807, 2.05) is 30.1 Å². The van der Waals surface area contributed by atoms with Gasteiger partial charge in [-0.1, -0.05) is 12.1 Å². The van der Waals surface area contributed by atoms with Crippen LogP contribution in [0.25, 0.3) is 11.0 Å². The summed E-state index contributed by atoms with van der Waals surface area (Å²) in [5, 5.41) is 0. The number of nitrogens with zero attached hydrogens (tertiary/aromatic N) is 3. The third-order valence-electron chi connectivity index (χ3n) is 5.32. The molecule has 1 saturated heterocycles. The van der Waals surface area contributed by atoms with Crippen LogP contribution in [0, 0.1) is 0 Å². The number of rotatable bonds is 3. The highest BCUT2D eigenvalue weighted by atomic mass is 32.2. The lowest BCUT2D eigenvalue weighted by atomic mass is 10.00. The van der Waals surface area contributed by atoms with E-state index in [0.717, 1.165) is 47.6 Å². The summed E-state index contributed by atoms with van der Waals surface area (Å²) in [5.74, 6) is 0.954. The fourth-order valence-electron chi connectivity index (χ4n) is 3.86. The van der Waals surface area contributed by atoms with Crippen LogP contribution in [0.3, 0.4) is 0 Å². The summed E-state index contributed by atoms with van der Waals surface area (Å²) >= 11 is 0. The summed E-state index contributed by atoms with van der Waals surface area (Å²) in [6.45, 7) is 0.730. The molecule has 4 rings (SSSR count). The van der Waals surface area contributed by atoms with Crippen molar-refractivity contribution >= 4 is 27.7 Å². The first kappa shape index (κ1) is 17.9. The van der Waals surface area contributed by atoms with Crippen LogP contribution in [-0.4, -0.2) is 37.4 Å². The number of aromatic nitrogens is 2. The molecule has 2 unspecified atom stereocenters. The molecule has 27 heavy (non-hydrogen) atoms. The lowest BCUT2D eigenvalue weighted by molar-refractivity contribution is 0.0597. The van der Waals surface area contributed by atoms with Gasteiger partial charge in [-0.05, 0) is 55.7 Å². The van der Waals surface area contributed by atoms with E-state index in [-0.39, 0.29) is 11.9 Å². The maximum absolute atomic E-state index is 13.2. The monoisotopic (exact) mass is 381 g/mol. The molecule has 2 heterocycles. The second kappa shape index (κ2) is 7.27. The van der Waals surface area contributed by atoms with Gasteiger partial charge in [-0.3, -0.25) is 9.00 Å². The van der Waals surface area contributed by atoms with Gasteiger partial charge in [0.2, 0.25) is 0 Å². The molecule has 140 valence electrons. The maximum Gasteiger partial charge on any atom is 0.254 e. The van der Waals surface area contributed by atoms with Crippen LogP contribution in [0.1, 0.15) is 41.5 Å². The summed E-state index contributed by atoms with van der Waals surface area (Å²) in [5.41, 5.74) is 2.68. The van der Waals surface area contributed by atoms with Crippen molar-refractivity contribution in [3.63, 3.8) is 0 Å². The first-order valence-electron chi connectivity index (χ1n) is 9.22. The van der Waals surface area contributed by atoms with Crippen molar-refractivity contribution in [2.45, 2.75) is 30.2 Å². The largest absolute Gasteiger partial charge is 0.329 e. The molecule has 1 fully saturated rings. The summed E-state index contributed by atoms with van der Waals surface area (Å²) in [7, 11) is 0.979. The zero-order valence-electron chi connectivity index (χ0n) is 15.6. The van der Waals surface area contributed by atoms with Gasteiger partial charge in [0.25, 0.3) is 5.91 Å². The first-order chi connectivity index (χ1) is 13.1. The van der Waals surface area contributed by atoms with E-state index in [1.165, 1.54) is 0 Å². The van der Waals surface area contributed by atoms with Crippen LogP contribution in [-0.2, 0) is 17.8 Å². The number of amides is 1. The van der Waals surface area contributed by atoms with Gasteiger partial charge in [-0.25, -0.2) is 4.98 Å². The standard InChI is InChI=1S/C21H23N3O2S/c1-23-18-8-4-3-7-17(18)22-20(23)19-9-5-6-14-24(19)21(25)15-10-12-16(13-11-15)27(2)26/h3-4,7-8,10-13,19H,5-6,9,14H2,1-2H3. The Morgan fingerprint density at radius 2 is 1.85 bits per heavy atom. The van der Waals surface area contributed by atoms with Crippen molar-refractivity contribution < 1.29 is 9.00 Å². The van der Waals surface area contributed by atoms with Crippen molar-refractivity contribution in [1.82, 2.24) is 14.5 Å². The summed E-state index contributed by atoms with van der Waals surface area (Å²) in [4.78, 5) is 20.7. The van der Waals surface area contributed by atoms with E-state index in [2.05, 4.69) is 10.6 Å². The van der Waals surface area contributed by atoms with Gasteiger partial charge in [0.1, 0.15) is 5.82 Å². The number of hydrogen-bond donors (Lipinski definition) is 0. The number of imidazole rings is 1. The summed E-state index contributed by atoms with van der Waals surface area (Å²) in [6, 6.07) is 15.2. The molecule has 0 N–H and O–H groups in total.